The Balaban J connectivity index is 1.76. The molecule has 246 valence electrons. The quantitative estimate of drug-likeness (QED) is 0.133. The maximum atomic E-state index is 13.0. The standard InChI is InChI=1S/C36H43F3N4O3/c1-44-31-19-25(9-13-40)34(26(20-31)10-14-41)24-5-8-32(33(21-24)45-2)29-17-27(11-15-42)35(28(18-29)12-16-43)46-22-23-3-6-30(7-4-23)36(37,38)39/h3-8,17-21H,9-16,22,40-43H2,1-2H3. The molecule has 0 unspecified atom stereocenters. The summed E-state index contributed by atoms with van der Waals surface area (Å²) in [5.74, 6) is 2.09. The Morgan fingerprint density at radius 1 is 0.609 bits per heavy atom. The Hall–Kier alpha value is -4.09. The molecule has 0 saturated heterocycles. The zero-order valence-corrected chi connectivity index (χ0v) is 26.4. The van der Waals surface area contributed by atoms with E-state index in [0.717, 1.165) is 62.4 Å². The Kier molecular flexibility index (Phi) is 12.1. The van der Waals surface area contributed by atoms with E-state index in [2.05, 4.69) is 6.07 Å². The van der Waals surface area contributed by atoms with Crippen molar-refractivity contribution in [3.8, 4) is 39.5 Å². The molecule has 0 saturated carbocycles. The first kappa shape index (κ1) is 34.8. The van der Waals surface area contributed by atoms with Crippen LogP contribution in [0, 0.1) is 0 Å². The SMILES string of the molecule is COc1cc(CCN)c(-c2ccc(-c3cc(CCN)c(OCc4ccc(C(F)(F)F)cc4)c(CCN)c3)c(OC)c2)c(CCN)c1. The zero-order chi connectivity index (χ0) is 33.3. The normalized spacial score (nSPS) is 11.5. The highest BCUT2D eigenvalue weighted by molar-refractivity contribution is 5.80. The molecule has 0 aliphatic heterocycles. The van der Waals surface area contributed by atoms with Gasteiger partial charge in [-0.1, -0.05) is 24.3 Å². The van der Waals surface area contributed by atoms with Gasteiger partial charge in [-0.15, -0.1) is 0 Å². The second kappa shape index (κ2) is 16.0. The summed E-state index contributed by atoms with van der Waals surface area (Å²) in [7, 11) is 3.29. The third-order valence-electron chi connectivity index (χ3n) is 7.87. The van der Waals surface area contributed by atoms with E-state index in [-0.39, 0.29) is 6.61 Å². The number of hydrogen-bond donors (Lipinski definition) is 4. The Morgan fingerprint density at radius 3 is 1.63 bits per heavy atom. The third-order valence-corrected chi connectivity index (χ3v) is 7.87. The molecule has 0 heterocycles. The lowest BCUT2D eigenvalue weighted by atomic mass is 9.89. The van der Waals surface area contributed by atoms with E-state index in [4.69, 9.17) is 37.1 Å². The second-order valence-electron chi connectivity index (χ2n) is 11.0. The highest BCUT2D eigenvalue weighted by Gasteiger charge is 2.30. The van der Waals surface area contributed by atoms with Gasteiger partial charge in [0.15, 0.2) is 0 Å². The fourth-order valence-corrected chi connectivity index (χ4v) is 5.74. The van der Waals surface area contributed by atoms with Crippen molar-refractivity contribution in [1.82, 2.24) is 0 Å². The molecule has 7 nitrogen and oxygen atoms in total. The van der Waals surface area contributed by atoms with Gasteiger partial charge in [-0.2, -0.15) is 13.2 Å². The van der Waals surface area contributed by atoms with Gasteiger partial charge in [0.1, 0.15) is 23.9 Å². The molecule has 0 aliphatic carbocycles. The van der Waals surface area contributed by atoms with Gasteiger partial charge >= 0.3 is 6.18 Å². The largest absolute Gasteiger partial charge is 0.497 e. The lowest BCUT2D eigenvalue weighted by molar-refractivity contribution is -0.137. The highest BCUT2D eigenvalue weighted by atomic mass is 19.4. The number of benzene rings is 4. The maximum absolute atomic E-state index is 13.0. The van der Waals surface area contributed by atoms with Crippen LogP contribution in [0.5, 0.6) is 17.2 Å². The predicted octanol–water partition coefficient (Wildman–Crippen LogP) is 5.64. The summed E-state index contributed by atoms with van der Waals surface area (Å²) in [6, 6.07) is 19.2. The van der Waals surface area contributed by atoms with Crippen molar-refractivity contribution in [1.29, 1.82) is 0 Å². The molecule has 0 aromatic heterocycles. The summed E-state index contributed by atoms with van der Waals surface area (Å²) < 4.78 is 56.8. The van der Waals surface area contributed by atoms with E-state index < -0.39 is 11.7 Å². The van der Waals surface area contributed by atoms with E-state index >= 15 is 0 Å². The number of ether oxygens (including phenoxy) is 3. The van der Waals surface area contributed by atoms with Gasteiger partial charge in [-0.25, -0.2) is 0 Å². The Bertz CT molecular complexity index is 1550. The predicted molar refractivity (Wildman–Crippen MR) is 177 cm³/mol. The molecule has 8 N–H and O–H groups in total. The minimum absolute atomic E-state index is 0.1000. The molecule has 0 radical (unpaired) electrons. The minimum Gasteiger partial charge on any atom is -0.497 e. The number of methoxy groups -OCH3 is 2. The maximum Gasteiger partial charge on any atom is 0.416 e. The summed E-state index contributed by atoms with van der Waals surface area (Å²) >= 11 is 0. The Morgan fingerprint density at radius 2 is 1.15 bits per heavy atom. The fraction of sp³-hybridized carbons (Fsp3) is 0.333. The van der Waals surface area contributed by atoms with Gasteiger partial charge < -0.3 is 37.1 Å². The van der Waals surface area contributed by atoms with Gasteiger partial charge in [0.25, 0.3) is 0 Å². The van der Waals surface area contributed by atoms with Crippen molar-refractivity contribution in [3.63, 3.8) is 0 Å². The molecule has 4 aromatic rings. The van der Waals surface area contributed by atoms with Crippen molar-refractivity contribution in [2.45, 2.75) is 38.5 Å². The molecule has 0 fully saturated rings. The summed E-state index contributed by atoms with van der Waals surface area (Å²) in [6.45, 7) is 1.83. The van der Waals surface area contributed by atoms with Crippen molar-refractivity contribution in [3.05, 3.63) is 100 Å². The van der Waals surface area contributed by atoms with Gasteiger partial charge in [-0.3, -0.25) is 0 Å². The molecule has 0 spiro atoms. The van der Waals surface area contributed by atoms with Gasteiger partial charge in [0, 0.05) is 5.56 Å². The molecule has 4 rings (SSSR count). The van der Waals surface area contributed by atoms with Gasteiger partial charge in [0.2, 0.25) is 0 Å². The van der Waals surface area contributed by atoms with E-state index in [1.54, 1.807) is 14.2 Å². The number of halogens is 3. The smallest absolute Gasteiger partial charge is 0.416 e. The molecule has 10 heteroatoms. The van der Waals surface area contributed by atoms with Crippen molar-refractivity contribution in [2.75, 3.05) is 40.4 Å². The summed E-state index contributed by atoms with van der Waals surface area (Å²) in [6.07, 6.45) is -1.99. The molecule has 4 aromatic carbocycles. The van der Waals surface area contributed by atoms with E-state index in [9.17, 15) is 13.2 Å². The molecule has 0 atom stereocenters. The highest BCUT2D eigenvalue weighted by Crippen LogP contribution is 2.41. The van der Waals surface area contributed by atoms with Crippen LogP contribution in [0.4, 0.5) is 13.2 Å². The van der Waals surface area contributed by atoms with E-state index in [1.165, 1.54) is 12.1 Å². The van der Waals surface area contributed by atoms with Crippen LogP contribution in [-0.2, 0) is 38.5 Å². The summed E-state index contributed by atoms with van der Waals surface area (Å²) in [5, 5.41) is 0. The first-order chi connectivity index (χ1) is 22.2. The molecule has 0 amide bonds. The molecular weight excluding hydrogens is 593 g/mol. The topological polar surface area (TPSA) is 132 Å². The lowest BCUT2D eigenvalue weighted by Crippen LogP contribution is -2.11. The second-order valence-corrected chi connectivity index (χ2v) is 11.0. The number of nitrogens with two attached hydrogens (primary N) is 4. The zero-order valence-electron chi connectivity index (χ0n) is 26.4. The van der Waals surface area contributed by atoms with Gasteiger partial charge in [0.05, 0.1) is 19.8 Å². The van der Waals surface area contributed by atoms with Crippen LogP contribution in [0.1, 0.15) is 33.4 Å². The van der Waals surface area contributed by atoms with E-state index in [1.807, 2.05) is 36.4 Å². The van der Waals surface area contributed by atoms with Crippen LogP contribution in [0.25, 0.3) is 22.3 Å². The van der Waals surface area contributed by atoms with Crippen molar-refractivity contribution in [2.24, 2.45) is 22.9 Å². The van der Waals surface area contributed by atoms with Crippen LogP contribution in [0.3, 0.4) is 0 Å². The number of alkyl halides is 3. The average molecular weight is 637 g/mol. The van der Waals surface area contributed by atoms with E-state index in [0.29, 0.717) is 68.9 Å². The Labute approximate surface area is 268 Å². The fourth-order valence-electron chi connectivity index (χ4n) is 5.74. The van der Waals surface area contributed by atoms with Crippen LogP contribution in [-0.4, -0.2) is 40.4 Å². The monoisotopic (exact) mass is 636 g/mol. The average Bonchev–Trinajstić information content (AvgIpc) is 3.04. The molecule has 0 bridgehead atoms. The van der Waals surface area contributed by atoms with Gasteiger partial charge in [-0.05, 0) is 139 Å². The summed E-state index contributed by atoms with van der Waals surface area (Å²) in [4.78, 5) is 0. The molecular formula is C36H43F3N4O3. The van der Waals surface area contributed by atoms with Crippen molar-refractivity contribution >= 4 is 0 Å². The number of rotatable bonds is 15. The van der Waals surface area contributed by atoms with Crippen LogP contribution >= 0.6 is 0 Å². The first-order valence-electron chi connectivity index (χ1n) is 15.3. The molecule has 46 heavy (non-hydrogen) atoms. The van der Waals surface area contributed by atoms with Crippen LogP contribution in [0.2, 0.25) is 0 Å². The third kappa shape index (κ3) is 8.19. The van der Waals surface area contributed by atoms with Crippen molar-refractivity contribution < 1.29 is 27.4 Å². The first-order valence-corrected chi connectivity index (χ1v) is 15.3. The summed E-state index contributed by atoms with van der Waals surface area (Å²) in [5.41, 5.74) is 31.7. The lowest BCUT2D eigenvalue weighted by Gasteiger charge is -2.20. The minimum atomic E-state index is -4.40. The number of hydrogen-bond acceptors (Lipinski definition) is 7. The van der Waals surface area contributed by atoms with Crippen LogP contribution in [0.15, 0.2) is 66.7 Å². The molecule has 0 aliphatic rings. The van der Waals surface area contributed by atoms with Crippen LogP contribution < -0.4 is 37.1 Å².